The van der Waals surface area contributed by atoms with Crippen LogP contribution in [0.15, 0.2) is 18.2 Å². The summed E-state index contributed by atoms with van der Waals surface area (Å²) < 4.78 is 0. The van der Waals surface area contributed by atoms with Crippen molar-refractivity contribution in [1.82, 2.24) is 9.80 Å². The summed E-state index contributed by atoms with van der Waals surface area (Å²) in [6.07, 6.45) is 3.48. The van der Waals surface area contributed by atoms with Crippen molar-refractivity contribution in [1.29, 1.82) is 0 Å². The molecule has 2 fully saturated rings. The van der Waals surface area contributed by atoms with Gasteiger partial charge in [0, 0.05) is 24.8 Å². The van der Waals surface area contributed by atoms with E-state index in [2.05, 4.69) is 11.9 Å². The Hall–Kier alpha value is -1.26. The molecule has 2 aliphatic rings. The van der Waals surface area contributed by atoms with Crippen molar-refractivity contribution in [2.24, 2.45) is 5.92 Å². The van der Waals surface area contributed by atoms with E-state index < -0.39 is 0 Å². The van der Waals surface area contributed by atoms with Crippen LogP contribution in [0.3, 0.4) is 0 Å². The third kappa shape index (κ3) is 2.87. The van der Waals surface area contributed by atoms with Gasteiger partial charge in [-0.05, 0) is 57.0 Å². The molecule has 2 aliphatic heterocycles. The van der Waals surface area contributed by atoms with Crippen molar-refractivity contribution in [3.63, 3.8) is 0 Å². The maximum absolute atomic E-state index is 12.7. The summed E-state index contributed by atoms with van der Waals surface area (Å²) in [5.41, 5.74) is 6.89. The SMILES string of the molecule is CN1CCCC2CN(C(=O)c3cc(N)ccc3Cl)CCC21. The average Bonchev–Trinajstić information content (AvgIpc) is 2.49. The van der Waals surface area contributed by atoms with E-state index in [9.17, 15) is 4.79 Å². The molecule has 0 bridgehead atoms. The van der Waals surface area contributed by atoms with Crippen LogP contribution in [0.25, 0.3) is 0 Å². The molecule has 2 heterocycles. The quantitative estimate of drug-likeness (QED) is 0.811. The van der Waals surface area contributed by atoms with Crippen LogP contribution < -0.4 is 5.73 Å². The van der Waals surface area contributed by atoms with E-state index in [-0.39, 0.29) is 5.91 Å². The standard InChI is InChI=1S/C16H22ClN3O/c1-19-7-2-3-11-10-20(8-6-15(11)19)16(21)13-9-12(18)4-5-14(13)17/h4-5,9,11,15H,2-3,6-8,10,18H2,1H3. The predicted molar refractivity (Wildman–Crippen MR) is 85.5 cm³/mol. The summed E-state index contributed by atoms with van der Waals surface area (Å²) in [4.78, 5) is 17.1. The molecule has 3 rings (SSSR count). The number of carbonyl (C=O) groups excluding carboxylic acids is 1. The van der Waals surface area contributed by atoms with Gasteiger partial charge in [-0.25, -0.2) is 0 Å². The lowest BCUT2D eigenvalue weighted by Gasteiger charge is -2.46. The van der Waals surface area contributed by atoms with Gasteiger partial charge in [0.25, 0.3) is 5.91 Å². The fourth-order valence-electron chi connectivity index (χ4n) is 3.71. The molecule has 114 valence electrons. The van der Waals surface area contributed by atoms with E-state index in [0.29, 0.717) is 28.2 Å². The Bertz CT molecular complexity index is 548. The number of anilines is 1. The first-order chi connectivity index (χ1) is 10.1. The van der Waals surface area contributed by atoms with Gasteiger partial charge in [0.2, 0.25) is 0 Å². The van der Waals surface area contributed by atoms with Crippen LogP contribution in [0.1, 0.15) is 29.6 Å². The number of halogens is 1. The number of nitrogen functional groups attached to an aromatic ring is 1. The Kier molecular flexibility index (Phi) is 4.09. The Morgan fingerprint density at radius 3 is 2.95 bits per heavy atom. The minimum absolute atomic E-state index is 0.0129. The van der Waals surface area contributed by atoms with E-state index in [1.165, 1.54) is 19.4 Å². The lowest BCUT2D eigenvalue weighted by molar-refractivity contribution is 0.0317. The molecule has 5 heteroatoms. The van der Waals surface area contributed by atoms with E-state index in [1.54, 1.807) is 18.2 Å². The molecule has 0 spiro atoms. The molecular formula is C16H22ClN3O. The average molecular weight is 308 g/mol. The fourth-order valence-corrected chi connectivity index (χ4v) is 3.91. The normalized spacial score (nSPS) is 26.5. The van der Waals surface area contributed by atoms with Crippen molar-refractivity contribution in [3.05, 3.63) is 28.8 Å². The minimum atomic E-state index is 0.0129. The zero-order valence-corrected chi connectivity index (χ0v) is 13.1. The number of rotatable bonds is 1. The van der Waals surface area contributed by atoms with Gasteiger partial charge < -0.3 is 15.5 Å². The molecule has 4 nitrogen and oxygen atoms in total. The van der Waals surface area contributed by atoms with Gasteiger partial charge in [-0.1, -0.05) is 11.6 Å². The number of nitrogens with two attached hydrogens (primary N) is 1. The van der Waals surface area contributed by atoms with Crippen LogP contribution in [-0.4, -0.2) is 48.4 Å². The van der Waals surface area contributed by atoms with Crippen molar-refractivity contribution in [2.45, 2.75) is 25.3 Å². The van der Waals surface area contributed by atoms with Gasteiger partial charge >= 0.3 is 0 Å². The largest absolute Gasteiger partial charge is 0.399 e. The van der Waals surface area contributed by atoms with Crippen molar-refractivity contribution >= 4 is 23.2 Å². The van der Waals surface area contributed by atoms with Crippen LogP contribution in [0.2, 0.25) is 5.02 Å². The number of nitrogens with zero attached hydrogens (tertiary/aromatic N) is 2. The second kappa shape index (κ2) is 5.85. The second-order valence-corrected chi connectivity index (χ2v) is 6.64. The molecule has 0 radical (unpaired) electrons. The highest BCUT2D eigenvalue weighted by molar-refractivity contribution is 6.34. The first-order valence-corrected chi connectivity index (χ1v) is 7.98. The van der Waals surface area contributed by atoms with Crippen LogP contribution in [0.4, 0.5) is 5.69 Å². The maximum atomic E-state index is 12.7. The van der Waals surface area contributed by atoms with Gasteiger partial charge in [-0.15, -0.1) is 0 Å². The smallest absolute Gasteiger partial charge is 0.255 e. The molecule has 2 atom stereocenters. The molecule has 0 aliphatic carbocycles. The van der Waals surface area contributed by atoms with Gasteiger partial charge in [0.15, 0.2) is 0 Å². The number of amides is 1. The lowest BCUT2D eigenvalue weighted by atomic mass is 9.84. The van der Waals surface area contributed by atoms with Crippen LogP contribution in [0.5, 0.6) is 0 Å². The van der Waals surface area contributed by atoms with Crippen molar-refractivity contribution in [3.8, 4) is 0 Å². The first kappa shape index (κ1) is 14.7. The summed E-state index contributed by atoms with van der Waals surface area (Å²) in [6, 6.07) is 5.73. The molecule has 0 aromatic heterocycles. The second-order valence-electron chi connectivity index (χ2n) is 6.23. The molecule has 1 aromatic carbocycles. The molecule has 1 amide bonds. The third-order valence-corrected chi connectivity index (χ3v) is 5.18. The highest BCUT2D eigenvalue weighted by atomic mass is 35.5. The number of hydrogen-bond donors (Lipinski definition) is 1. The number of carbonyl (C=O) groups is 1. The summed E-state index contributed by atoms with van der Waals surface area (Å²) >= 11 is 6.16. The zero-order valence-electron chi connectivity index (χ0n) is 12.4. The number of likely N-dealkylation sites (tertiary alicyclic amines) is 2. The third-order valence-electron chi connectivity index (χ3n) is 4.85. The Morgan fingerprint density at radius 1 is 1.33 bits per heavy atom. The summed E-state index contributed by atoms with van der Waals surface area (Å²) in [5, 5.41) is 0.483. The minimum Gasteiger partial charge on any atom is -0.399 e. The number of benzene rings is 1. The highest BCUT2D eigenvalue weighted by Gasteiger charge is 2.36. The Balaban J connectivity index is 1.76. The van der Waals surface area contributed by atoms with Gasteiger partial charge in [0.1, 0.15) is 0 Å². The van der Waals surface area contributed by atoms with Gasteiger partial charge in [0.05, 0.1) is 10.6 Å². The van der Waals surface area contributed by atoms with E-state index in [0.717, 1.165) is 19.5 Å². The van der Waals surface area contributed by atoms with E-state index in [1.807, 2.05) is 4.90 Å². The topological polar surface area (TPSA) is 49.6 Å². The molecule has 21 heavy (non-hydrogen) atoms. The van der Waals surface area contributed by atoms with Gasteiger partial charge in [-0.3, -0.25) is 4.79 Å². The molecule has 2 saturated heterocycles. The van der Waals surface area contributed by atoms with E-state index >= 15 is 0 Å². The first-order valence-electron chi connectivity index (χ1n) is 7.61. The number of piperidine rings is 2. The van der Waals surface area contributed by atoms with Crippen LogP contribution in [-0.2, 0) is 0 Å². The summed E-state index contributed by atoms with van der Waals surface area (Å²) in [5.74, 6) is 0.597. The van der Waals surface area contributed by atoms with Crippen molar-refractivity contribution in [2.75, 3.05) is 32.4 Å². The zero-order chi connectivity index (χ0) is 15.0. The lowest BCUT2D eigenvalue weighted by Crippen LogP contribution is -2.53. The maximum Gasteiger partial charge on any atom is 0.255 e. The van der Waals surface area contributed by atoms with E-state index in [4.69, 9.17) is 17.3 Å². The number of hydrogen-bond acceptors (Lipinski definition) is 3. The molecule has 0 saturated carbocycles. The highest BCUT2D eigenvalue weighted by Crippen LogP contribution is 2.31. The van der Waals surface area contributed by atoms with Crippen LogP contribution in [0, 0.1) is 5.92 Å². The summed E-state index contributed by atoms with van der Waals surface area (Å²) in [7, 11) is 2.20. The van der Waals surface area contributed by atoms with Gasteiger partial charge in [-0.2, -0.15) is 0 Å². The monoisotopic (exact) mass is 307 g/mol. The molecule has 1 aromatic rings. The predicted octanol–water partition coefficient (Wildman–Crippen LogP) is 2.48. The molecule has 2 N–H and O–H groups in total. The number of fused-ring (bicyclic) bond motifs is 1. The Morgan fingerprint density at radius 2 is 2.14 bits per heavy atom. The fraction of sp³-hybridized carbons (Fsp3) is 0.562. The summed E-state index contributed by atoms with van der Waals surface area (Å²) in [6.45, 7) is 2.81. The molecule has 2 unspecified atom stereocenters. The van der Waals surface area contributed by atoms with Crippen LogP contribution >= 0.6 is 11.6 Å². The Labute approximate surface area is 130 Å². The van der Waals surface area contributed by atoms with Crippen molar-refractivity contribution < 1.29 is 4.79 Å². The molecular weight excluding hydrogens is 286 g/mol.